The van der Waals surface area contributed by atoms with Crippen molar-refractivity contribution in [3.05, 3.63) is 28.2 Å². The van der Waals surface area contributed by atoms with E-state index in [0.717, 1.165) is 0 Å². The van der Waals surface area contributed by atoms with E-state index in [0.29, 0.717) is 28.8 Å². The molecular formula is C13H14Cl2N2O2. The molecule has 0 radical (unpaired) electrons. The summed E-state index contributed by atoms with van der Waals surface area (Å²) in [6.45, 7) is 3.00. The number of hydrogen-bond donors (Lipinski definition) is 1. The SMILES string of the molecule is CCN1CC(C(=O)Nc2cc(Cl)cc(Cl)c2)CC1=O. The fourth-order valence-corrected chi connectivity index (χ4v) is 2.65. The molecule has 1 saturated heterocycles. The predicted molar refractivity (Wildman–Crippen MR) is 75.5 cm³/mol. The second-order valence-electron chi connectivity index (χ2n) is 4.48. The smallest absolute Gasteiger partial charge is 0.229 e. The van der Waals surface area contributed by atoms with E-state index < -0.39 is 0 Å². The summed E-state index contributed by atoms with van der Waals surface area (Å²) in [4.78, 5) is 25.3. The number of halogens is 2. The first-order chi connectivity index (χ1) is 8.99. The van der Waals surface area contributed by atoms with Crippen LogP contribution in [0, 0.1) is 5.92 Å². The molecular weight excluding hydrogens is 287 g/mol. The third-order valence-electron chi connectivity index (χ3n) is 3.10. The number of nitrogens with one attached hydrogen (secondary N) is 1. The molecule has 1 N–H and O–H groups in total. The predicted octanol–water partition coefficient (Wildman–Crippen LogP) is 2.80. The number of rotatable bonds is 3. The van der Waals surface area contributed by atoms with E-state index in [2.05, 4.69) is 5.32 Å². The molecule has 0 aromatic heterocycles. The van der Waals surface area contributed by atoms with Crippen LogP contribution in [0.1, 0.15) is 13.3 Å². The molecule has 1 aromatic rings. The Labute approximate surface area is 121 Å². The second-order valence-corrected chi connectivity index (χ2v) is 5.35. The molecule has 0 spiro atoms. The first kappa shape index (κ1) is 14.2. The zero-order chi connectivity index (χ0) is 14.0. The maximum absolute atomic E-state index is 12.1. The third-order valence-corrected chi connectivity index (χ3v) is 3.53. The molecule has 1 unspecified atom stereocenters. The molecule has 0 saturated carbocycles. The van der Waals surface area contributed by atoms with Crippen LogP contribution in [0.4, 0.5) is 5.69 Å². The number of carbonyl (C=O) groups is 2. The van der Waals surface area contributed by atoms with E-state index in [-0.39, 0.29) is 24.2 Å². The minimum Gasteiger partial charge on any atom is -0.342 e. The van der Waals surface area contributed by atoms with Crippen molar-refractivity contribution >= 4 is 40.7 Å². The summed E-state index contributed by atoms with van der Waals surface area (Å²) >= 11 is 11.7. The van der Waals surface area contributed by atoms with Crippen molar-refractivity contribution in [2.75, 3.05) is 18.4 Å². The maximum atomic E-state index is 12.1. The Morgan fingerprint density at radius 1 is 1.37 bits per heavy atom. The van der Waals surface area contributed by atoms with E-state index in [1.165, 1.54) is 0 Å². The second kappa shape index (κ2) is 5.80. The molecule has 1 aliphatic rings. The van der Waals surface area contributed by atoms with E-state index in [1.54, 1.807) is 23.1 Å². The lowest BCUT2D eigenvalue weighted by Gasteiger charge is -2.13. The first-order valence-electron chi connectivity index (χ1n) is 6.04. The first-order valence-corrected chi connectivity index (χ1v) is 6.80. The van der Waals surface area contributed by atoms with E-state index in [4.69, 9.17) is 23.2 Å². The Kier molecular flexibility index (Phi) is 4.32. The standard InChI is InChI=1S/C13H14Cl2N2O2/c1-2-17-7-8(3-12(17)18)13(19)16-11-5-9(14)4-10(15)6-11/h4-6,8H,2-3,7H2,1H3,(H,16,19). The van der Waals surface area contributed by atoms with Crippen molar-refractivity contribution in [3.63, 3.8) is 0 Å². The van der Waals surface area contributed by atoms with Crippen molar-refractivity contribution in [1.82, 2.24) is 4.90 Å². The van der Waals surface area contributed by atoms with Crippen LogP contribution in [0.2, 0.25) is 10.0 Å². The zero-order valence-corrected chi connectivity index (χ0v) is 12.0. The van der Waals surface area contributed by atoms with Gasteiger partial charge in [0.15, 0.2) is 0 Å². The summed E-state index contributed by atoms with van der Waals surface area (Å²) in [5.41, 5.74) is 0.546. The number of anilines is 1. The van der Waals surface area contributed by atoms with Crippen molar-refractivity contribution in [2.24, 2.45) is 5.92 Å². The van der Waals surface area contributed by atoms with Crippen LogP contribution < -0.4 is 5.32 Å². The minimum atomic E-state index is -0.315. The van der Waals surface area contributed by atoms with E-state index in [1.807, 2.05) is 6.92 Å². The van der Waals surface area contributed by atoms with Crippen LogP contribution in [0.25, 0.3) is 0 Å². The van der Waals surface area contributed by atoms with Crippen LogP contribution in [0.5, 0.6) is 0 Å². The van der Waals surface area contributed by atoms with Crippen LogP contribution in [-0.2, 0) is 9.59 Å². The van der Waals surface area contributed by atoms with Gasteiger partial charge in [-0.05, 0) is 25.1 Å². The molecule has 0 aliphatic carbocycles. The highest BCUT2D eigenvalue weighted by Crippen LogP contribution is 2.24. The highest BCUT2D eigenvalue weighted by molar-refractivity contribution is 6.35. The van der Waals surface area contributed by atoms with Crippen LogP contribution >= 0.6 is 23.2 Å². The summed E-state index contributed by atoms with van der Waals surface area (Å²) in [5.74, 6) is -0.473. The van der Waals surface area contributed by atoms with Crippen molar-refractivity contribution < 1.29 is 9.59 Å². The monoisotopic (exact) mass is 300 g/mol. The summed E-state index contributed by atoms with van der Waals surface area (Å²) < 4.78 is 0. The molecule has 6 heteroatoms. The average Bonchev–Trinajstić information content (AvgIpc) is 2.69. The lowest BCUT2D eigenvalue weighted by Crippen LogP contribution is -2.28. The van der Waals surface area contributed by atoms with Crippen LogP contribution in [-0.4, -0.2) is 29.8 Å². The molecule has 2 amide bonds. The molecule has 1 heterocycles. The lowest BCUT2D eigenvalue weighted by atomic mass is 10.1. The summed E-state index contributed by atoms with van der Waals surface area (Å²) in [7, 11) is 0. The quantitative estimate of drug-likeness (QED) is 0.933. The largest absolute Gasteiger partial charge is 0.342 e. The highest BCUT2D eigenvalue weighted by atomic mass is 35.5. The molecule has 102 valence electrons. The normalized spacial score (nSPS) is 18.8. The number of benzene rings is 1. The zero-order valence-electron chi connectivity index (χ0n) is 10.5. The van der Waals surface area contributed by atoms with Gasteiger partial charge in [-0.1, -0.05) is 23.2 Å². The van der Waals surface area contributed by atoms with Gasteiger partial charge in [0, 0.05) is 35.2 Å². The van der Waals surface area contributed by atoms with Crippen molar-refractivity contribution in [1.29, 1.82) is 0 Å². The van der Waals surface area contributed by atoms with E-state index >= 15 is 0 Å². The number of carbonyl (C=O) groups excluding carboxylic acids is 2. The highest BCUT2D eigenvalue weighted by Gasteiger charge is 2.33. The van der Waals surface area contributed by atoms with Gasteiger partial charge in [-0.15, -0.1) is 0 Å². The summed E-state index contributed by atoms with van der Waals surface area (Å²) in [5, 5.41) is 3.66. The van der Waals surface area contributed by atoms with Gasteiger partial charge < -0.3 is 10.2 Å². The maximum Gasteiger partial charge on any atom is 0.229 e. The fourth-order valence-electron chi connectivity index (χ4n) is 2.12. The number of amides is 2. The van der Waals surface area contributed by atoms with Crippen molar-refractivity contribution in [2.45, 2.75) is 13.3 Å². The Balaban J connectivity index is 2.04. The molecule has 1 atom stereocenters. The summed E-state index contributed by atoms with van der Waals surface area (Å²) in [6.07, 6.45) is 0.258. The van der Waals surface area contributed by atoms with Gasteiger partial charge in [0.2, 0.25) is 11.8 Å². The van der Waals surface area contributed by atoms with Gasteiger partial charge in [-0.3, -0.25) is 9.59 Å². The number of nitrogens with zero attached hydrogens (tertiary/aromatic N) is 1. The Morgan fingerprint density at radius 2 is 2.00 bits per heavy atom. The van der Waals surface area contributed by atoms with Gasteiger partial charge in [0.25, 0.3) is 0 Å². The van der Waals surface area contributed by atoms with Gasteiger partial charge in [-0.25, -0.2) is 0 Å². The van der Waals surface area contributed by atoms with Gasteiger partial charge in [0.05, 0.1) is 5.92 Å². The third kappa shape index (κ3) is 3.39. The Morgan fingerprint density at radius 3 is 2.53 bits per heavy atom. The number of hydrogen-bond acceptors (Lipinski definition) is 2. The minimum absolute atomic E-state index is 0.0202. The molecule has 0 bridgehead atoms. The molecule has 4 nitrogen and oxygen atoms in total. The molecule has 2 rings (SSSR count). The van der Waals surface area contributed by atoms with Gasteiger partial charge in [-0.2, -0.15) is 0 Å². The molecule has 1 aliphatic heterocycles. The average molecular weight is 301 g/mol. The molecule has 19 heavy (non-hydrogen) atoms. The van der Waals surface area contributed by atoms with E-state index in [9.17, 15) is 9.59 Å². The molecule has 1 fully saturated rings. The lowest BCUT2D eigenvalue weighted by molar-refractivity contribution is -0.128. The Hall–Kier alpha value is -1.26. The van der Waals surface area contributed by atoms with Crippen LogP contribution in [0.3, 0.4) is 0 Å². The van der Waals surface area contributed by atoms with Gasteiger partial charge in [0.1, 0.15) is 0 Å². The van der Waals surface area contributed by atoms with Crippen LogP contribution in [0.15, 0.2) is 18.2 Å². The van der Waals surface area contributed by atoms with Gasteiger partial charge >= 0.3 is 0 Å². The van der Waals surface area contributed by atoms with Crippen molar-refractivity contribution in [3.8, 4) is 0 Å². The summed E-state index contributed by atoms with van der Waals surface area (Å²) in [6, 6.07) is 4.84. The topological polar surface area (TPSA) is 49.4 Å². The fraction of sp³-hybridized carbons (Fsp3) is 0.385. The molecule has 1 aromatic carbocycles. The number of likely N-dealkylation sites (tertiary alicyclic amines) is 1. The Bertz CT molecular complexity index is 499.